The molecule has 0 aliphatic rings. The van der Waals surface area contributed by atoms with Gasteiger partial charge in [0.1, 0.15) is 5.75 Å². The van der Waals surface area contributed by atoms with E-state index in [0.29, 0.717) is 16.5 Å². The number of methoxy groups -OCH3 is 1. The number of hydrogen-bond acceptors (Lipinski definition) is 5. The van der Waals surface area contributed by atoms with Crippen molar-refractivity contribution in [2.45, 2.75) is 25.2 Å². The molecule has 2 aromatic rings. The van der Waals surface area contributed by atoms with Crippen molar-refractivity contribution in [1.29, 1.82) is 0 Å². The zero-order valence-corrected chi connectivity index (χ0v) is 17.0. The number of carbonyl (C=O) groups excluding carboxylic acids is 1. The second-order valence-corrected chi connectivity index (χ2v) is 8.01. The molecule has 0 aliphatic carbocycles. The Morgan fingerprint density at radius 3 is 2.37 bits per heavy atom. The predicted molar refractivity (Wildman–Crippen MR) is 105 cm³/mol. The average molecular weight is 412 g/mol. The summed E-state index contributed by atoms with van der Waals surface area (Å²) < 4.78 is 37.6. The number of halogens is 1. The van der Waals surface area contributed by atoms with Gasteiger partial charge in [0.25, 0.3) is 10.0 Å². The topological polar surface area (TPSA) is 72.9 Å². The maximum absolute atomic E-state index is 13.2. The molecule has 0 heterocycles. The first kappa shape index (κ1) is 21.1. The van der Waals surface area contributed by atoms with Gasteiger partial charge in [-0.05, 0) is 55.8 Å². The van der Waals surface area contributed by atoms with Crippen LogP contribution in [0.3, 0.4) is 0 Å². The van der Waals surface area contributed by atoms with Crippen LogP contribution in [0, 0.1) is 6.92 Å². The van der Waals surface area contributed by atoms with Crippen LogP contribution in [0.2, 0.25) is 5.02 Å². The zero-order chi connectivity index (χ0) is 20.0. The van der Waals surface area contributed by atoms with Crippen molar-refractivity contribution in [2.75, 3.05) is 24.6 Å². The number of aryl methyl sites for hydroxylation is 1. The summed E-state index contributed by atoms with van der Waals surface area (Å²) in [4.78, 5) is 11.8. The summed E-state index contributed by atoms with van der Waals surface area (Å²) in [6.07, 6.45) is -0.0707. The number of anilines is 1. The summed E-state index contributed by atoms with van der Waals surface area (Å²) in [5.74, 6) is 0.132. The van der Waals surface area contributed by atoms with E-state index in [-0.39, 0.29) is 24.5 Å². The van der Waals surface area contributed by atoms with Crippen LogP contribution in [-0.4, -0.2) is 34.6 Å². The first-order valence-electron chi connectivity index (χ1n) is 8.38. The summed E-state index contributed by atoms with van der Waals surface area (Å²) in [5.41, 5.74) is 1.19. The highest BCUT2D eigenvalue weighted by molar-refractivity contribution is 7.92. The monoisotopic (exact) mass is 411 g/mol. The molecular formula is C19H22ClNO5S. The Morgan fingerprint density at radius 1 is 1.15 bits per heavy atom. The van der Waals surface area contributed by atoms with Crippen LogP contribution in [-0.2, 0) is 19.6 Å². The molecule has 0 radical (unpaired) electrons. The highest BCUT2D eigenvalue weighted by atomic mass is 35.5. The van der Waals surface area contributed by atoms with E-state index in [9.17, 15) is 13.2 Å². The molecule has 2 rings (SSSR count). The number of carbonyl (C=O) groups is 1. The van der Waals surface area contributed by atoms with Crippen LogP contribution in [0.4, 0.5) is 5.69 Å². The van der Waals surface area contributed by atoms with Crippen LogP contribution in [0.5, 0.6) is 5.75 Å². The SMILES string of the molecule is CCOC(=O)CCN(c1ccc(OC)cc1)S(=O)(=O)c1ccc(C)c(Cl)c1. The van der Waals surface area contributed by atoms with Gasteiger partial charge in [-0.2, -0.15) is 0 Å². The van der Waals surface area contributed by atoms with Crippen LogP contribution in [0.25, 0.3) is 0 Å². The lowest BCUT2D eigenvalue weighted by Gasteiger charge is -2.24. The summed E-state index contributed by atoms with van der Waals surface area (Å²) in [6, 6.07) is 11.1. The fraction of sp³-hybridized carbons (Fsp3) is 0.316. The molecule has 0 saturated heterocycles. The molecule has 0 N–H and O–H groups in total. The molecule has 27 heavy (non-hydrogen) atoms. The quantitative estimate of drug-likeness (QED) is 0.617. The fourth-order valence-corrected chi connectivity index (χ4v) is 4.16. The Hall–Kier alpha value is -2.25. The van der Waals surface area contributed by atoms with Gasteiger partial charge < -0.3 is 9.47 Å². The van der Waals surface area contributed by atoms with Gasteiger partial charge in [0.2, 0.25) is 0 Å². The maximum Gasteiger partial charge on any atom is 0.307 e. The van der Waals surface area contributed by atoms with Crippen molar-refractivity contribution in [1.82, 2.24) is 0 Å². The number of rotatable bonds is 8. The van der Waals surface area contributed by atoms with Crippen LogP contribution < -0.4 is 9.04 Å². The van der Waals surface area contributed by atoms with E-state index < -0.39 is 16.0 Å². The Labute approximate surface area is 164 Å². The Balaban J connectivity index is 2.42. The van der Waals surface area contributed by atoms with Crippen LogP contribution in [0.15, 0.2) is 47.4 Å². The molecule has 0 bridgehead atoms. The van der Waals surface area contributed by atoms with E-state index >= 15 is 0 Å². The van der Waals surface area contributed by atoms with Gasteiger partial charge in [0, 0.05) is 11.6 Å². The van der Waals surface area contributed by atoms with Crippen molar-refractivity contribution in [3.05, 3.63) is 53.1 Å². The Morgan fingerprint density at radius 2 is 1.81 bits per heavy atom. The Kier molecular flexibility index (Phi) is 7.10. The van der Waals surface area contributed by atoms with E-state index in [1.54, 1.807) is 44.2 Å². The van der Waals surface area contributed by atoms with Crippen molar-refractivity contribution >= 4 is 33.3 Å². The van der Waals surface area contributed by atoms with E-state index in [0.717, 1.165) is 5.56 Å². The summed E-state index contributed by atoms with van der Waals surface area (Å²) in [7, 11) is -2.40. The van der Waals surface area contributed by atoms with E-state index in [1.807, 2.05) is 0 Å². The number of esters is 1. The molecule has 6 nitrogen and oxygen atoms in total. The first-order chi connectivity index (χ1) is 12.8. The van der Waals surface area contributed by atoms with Gasteiger partial charge in [-0.15, -0.1) is 0 Å². The number of ether oxygens (including phenoxy) is 2. The van der Waals surface area contributed by atoms with Crippen LogP contribution >= 0.6 is 11.6 Å². The van der Waals surface area contributed by atoms with Crippen LogP contribution in [0.1, 0.15) is 18.9 Å². The number of benzene rings is 2. The minimum Gasteiger partial charge on any atom is -0.497 e. The second kappa shape index (κ2) is 9.10. The maximum atomic E-state index is 13.2. The van der Waals surface area contributed by atoms with Crippen molar-refractivity contribution in [3.63, 3.8) is 0 Å². The highest BCUT2D eigenvalue weighted by Crippen LogP contribution is 2.28. The molecule has 0 unspecified atom stereocenters. The molecule has 0 aliphatic heterocycles. The fourth-order valence-electron chi connectivity index (χ4n) is 2.42. The molecule has 0 spiro atoms. The molecule has 146 valence electrons. The minimum absolute atomic E-state index is 0.0535. The normalized spacial score (nSPS) is 11.1. The lowest BCUT2D eigenvalue weighted by Crippen LogP contribution is -2.33. The third-order valence-corrected chi connectivity index (χ3v) is 6.15. The van der Waals surface area contributed by atoms with Gasteiger partial charge >= 0.3 is 5.97 Å². The largest absolute Gasteiger partial charge is 0.497 e. The van der Waals surface area contributed by atoms with Crippen molar-refractivity contribution in [2.24, 2.45) is 0 Å². The van der Waals surface area contributed by atoms with Gasteiger partial charge in [0.15, 0.2) is 0 Å². The molecule has 0 aromatic heterocycles. The molecule has 2 aromatic carbocycles. The van der Waals surface area contributed by atoms with E-state index in [1.165, 1.54) is 23.5 Å². The first-order valence-corrected chi connectivity index (χ1v) is 10.2. The second-order valence-electron chi connectivity index (χ2n) is 5.74. The average Bonchev–Trinajstić information content (AvgIpc) is 2.64. The third kappa shape index (κ3) is 5.14. The molecular weight excluding hydrogens is 390 g/mol. The molecule has 0 saturated carbocycles. The summed E-state index contributed by atoms with van der Waals surface area (Å²) >= 11 is 6.11. The molecule has 0 atom stereocenters. The summed E-state index contributed by atoms with van der Waals surface area (Å²) in [6.45, 7) is 3.67. The third-order valence-electron chi connectivity index (χ3n) is 3.92. The number of nitrogens with zero attached hydrogens (tertiary/aromatic N) is 1. The number of sulfonamides is 1. The van der Waals surface area contributed by atoms with Crippen molar-refractivity contribution in [3.8, 4) is 5.75 Å². The van der Waals surface area contributed by atoms with E-state index in [2.05, 4.69) is 0 Å². The molecule has 0 fully saturated rings. The van der Waals surface area contributed by atoms with Crippen molar-refractivity contribution < 1.29 is 22.7 Å². The summed E-state index contributed by atoms with van der Waals surface area (Å²) in [5, 5.41) is 0.358. The smallest absolute Gasteiger partial charge is 0.307 e. The number of hydrogen-bond donors (Lipinski definition) is 0. The minimum atomic E-state index is -3.92. The molecule has 8 heteroatoms. The van der Waals surface area contributed by atoms with Gasteiger partial charge in [-0.1, -0.05) is 17.7 Å². The molecule has 0 amide bonds. The highest BCUT2D eigenvalue weighted by Gasteiger charge is 2.26. The Bertz CT molecular complexity index is 897. The predicted octanol–water partition coefficient (Wildman–Crippen LogP) is 3.81. The van der Waals surface area contributed by atoms with Gasteiger partial charge in [-0.25, -0.2) is 8.42 Å². The zero-order valence-electron chi connectivity index (χ0n) is 15.4. The van der Waals surface area contributed by atoms with E-state index in [4.69, 9.17) is 21.1 Å². The van der Waals surface area contributed by atoms with Gasteiger partial charge in [0.05, 0.1) is 30.7 Å². The lowest BCUT2D eigenvalue weighted by molar-refractivity contribution is -0.142. The lowest BCUT2D eigenvalue weighted by atomic mass is 10.2. The standard InChI is InChI=1S/C19H22ClNO5S/c1-4-26-19(22)11-12-21(15-6-8-16(25-3)9-7-15)27(23,24)17-10-5-14(2)18(20)13-17/h5-10,13H,4,11-12H2,1-3H3. The van der Waals surface area contributed by atoms with Gasteiger partial charge in [-0.3, -0.25) is 9.10 Å².